The summed E-state index contributed by atoms with van der Waals surface area (Å²) in [5.74, 6) is -7.42. The predicted molar refractivity (Wildman–Crippen MR) is 138 cm³/mol. The second-order valence-electron chi connectivity index (χ2n) is 9.79. The molecule has 0 heterocycles. The maximum atomic E-state index is 13.4. The van der Waals surface area contributed by atoms with Crippen LogP contribution in [0.25, 0.3) is 11.1 Å². The molecule has 4 aromatic carbocycles. The van der Waals surface area contributed by atoms with E-state index in [0.717, 1.165) is 18.2 Å². The number of phenolic OH excluding ortho intramolecular Hbond substituents is 6. The Labute approximate surface area is 224 Å². The van der Waals surface area contributed by atoms with Gasteiger partial charge in [0.2, 0.25) is 11.6 Å². The SMILES string of the molecule is Cc1cc(O)c2c(c1)C(=O)c1cc(O)c(-c3c(C)cc4c(c3O)C(=O)c3c(O)cc(O)cc3C4=O)c(O)c1C2=O. The van der Waals surface area contributed by atoms with Gasteiger partial charge in [0.1, 0.15) is 34.5 Å². The van der Waals surface area contributed by atoms with Crippen molar-refractivity contribution in [1.29, 1.82) is 0 Å². The quantitative estimate of drug-likeness (QED) is 0.180. The number of ketones is 4. The fourth-order valence-corrected chi connectivity index (χ4v) is 5.59. The summed E-state index contributed by atoms with van der Waals surface area (Å²) in [6, 6.07) is 6.72. The second kappa shape index (κ2) is 7.93. The third-order valence-corrected chi connectivity index (χ3v) is 7.28. The number of hydrogen-bond donors (Lipinski definition) is 6. The molecule has 198 valence electrons. The van der Waals surface area contributed by atoms with Crippen molar-refractivity contribution in [2.45, 2.75) is 13.8 Å². The summed E-state index contributed by atoms with van der Waals surface area (Å²) in [5.41, 5.74) is -3.01. The van der Waals surface area contributed by atoms with Gasteiger partial charge in [0.15, 0.2) is 11.6 Å². The molecular formula is C30H18O10. The number of aryl methyl sites for hydroxylation is 2. The van der Waals surface area contributed by atoms with Crippen LogP contribution >= 0.6 is 0 Å². The molecule has 10 nitrogen and oxygen atoms in total. The Morgan fingerprint density at radius 3 is 1.48 bits per heavy atom. The molecule has 0 spiro atoms. The van der Waals surface area contributed by atoms with Crippen molar-refractivity contribution in [3.63, 3.8) is 0 Å². The minimum Gasteiger partial charge on any atom is -0.508 e. The van der Waals surface area contributed by atoms with Gasteiger partial charge in [-0.1, -0.05) is 0 Å². The first-order valence-electron chi connectivity index (χ1n) is 11.9. The lowest BCUT2D eigenvalue weighted by molar-refractivity contribution is 0.0973. The molecule has 0 amide bonds. The van der Waals surface area contributed by atoms with E-state index < -0.39 is 79.9 Å². The zero-order valence-corrected chi connectivity index (χ0v) is 20.8. The summed E-state index contributed by atoms with van der Waals surface area (Å²) in [6.45, 7) is 3.03. The van der Waals surface area contributed by atoms with Crippen molar-refractivity contribution in [1.82, 2.24) is 0 Å². The third kappa shape index (κ3) is 3.04. The lowest BCUT2D eigenvalue weighted by Gasteiger charge is -2.25. The molecule has 4 aromatic rings. The smallest absolute Gasteiger partial charge is 0.201 e. The van der Waals surface area contributed by atoms with Gasteiger partial charge in [-0.3, -0.25) is 19.2 Å². The van der Waals surface area contributed by atoms with Gasteiger partial charge in [-0.25, -0.2) is 0 Å². The van der Waals surface area contributed by atoms with Gasteiger partial charge in [-0.05, 0) is 55.3 Å². The molecule has 0 saturated heterocycles. The molecule has 0 unspecified atom stereocenters. The minimum atomic E-state index is -0.960. The zero-order chi connectivity index (χ0) is 28.9. The van der Waals surface area contributed by atoms with Crippen LogP contribution in [-0.2, 0) is 0 Å². The van der Waals surface area contributed by atoms with E-state index in [-0.39, 0.29) is 38.9 Å². The Kier molecular flexibility index (Phi) is 4.90. The molecule has 6 rings (SSSR count). The molecule has 0 atom stereocenters. The van der Waals surface area contributed by atoms with Crippen molar-refractivity contribution in [2.24, 2.45) is 0 Å². The molecule has 2 aliphatic carbocycles. The van der Waals surface area contributed by atoms with Crippen LogP contribution in [0.5, 0.6) is 34.5 Å². The van der Waals surface area contributed by atoms with Crippen LogP contribution in [-0.4, -0.2) is 53.8 Å². The molecule has 6 N–H and O–H groups in total. The number of rotatable bonds is 1. The Morgan fingerprint density at radius 2 is 0.875 bits per heavy atom. The highest BCUT2D eigenvalue weighted by molar-refractivity contribution is 6.32. The number of hydrogen-bond acceptors (Lipinski definition) is 10. The van der Waals surface area contributed by atoms with Gasteiger partial charge in [-0.2, -0.15) is 0 Å². The van der Waals surface area contributed by atoms with Crippen molar-refractivity contribution in [3.05, 3.63) is 92.0 Å². The van der Waals surface area contributed by atoms with E-state index in [1.807, 2.05) is 0 Å². The van der Waals surface area contributed by atoms with E-state index in [2.05, 4.69) is 0 Å². The third-order valence-electron chi connectivity index (χ3n) is 7.28. The fourth-order valence-electron chi connectivity index (χ4n) is 5.59. The first-order chi connectivity index (χ1) is 18.8. The van der Waals surface area contributed by atoms with Crippen LogP contribution in [0, 0.1) is 13.8 Å². The maximum Gasteiger partial charge on any atom is 0.201 e. The number of carbonyl (C=O) groups excluding carboxylic acids is 4. The Hall–Kier alpha value is -5.64. The van der Waals surface area contributed by atoms with Crippen molar-refractivity contribution in [2.75, 3.05) is 0 Å². The number of fused-ring (bicyclic) bond motifs is 4. The van der Waals surface area contributed by atoms with Crippen LogP contribution in [0.4, 0.5) is 0 Å². The molecule has 0 bridgehead atoms. The molecule has 0 radical (unpaired) electrons. The minimum absolute atomic E-state index is 0.101. The van der Waals surface area contributed by atoms with E-state index in [4.69, 9.17) is 0 Å². The maximum absolute atomic E-state index is 13.4. The molecule has 0 saturated carbocycles. The highest BCUT2D eigenvalue weighted by Gasteiger charge is 2.40. The molecule has 0 aromatic heterocycles. The average Bonchev–Trinajstić information content (AvgIpc) is 2.86. The highest BCUT2D eigenvalue weighted by atomic mass is 16.3. The van der Waals surface area contributed by atoms with Crippen molar-refractivity contribution < 1.29 is 49.8 Å². The summed E-state index contributed by atoms with van der Waals surface area (Å²) in [4.78, 5) is 53.3. The van der Waals surface area contributed by atoms with Gasteiger partial charge in [0.25, 0.3) is 0 Å². The molecule has 0 fully saturated rings. The average molecular weight is 538 g/mol. The van der Waals surface area contributed by atoms with Gasteiger partial charge in [0.05, 0.1) is 27.8 Å². The van der Waals surface area contributed by atoms with Crippen molar-refractivity contribution in [3.8, 4) is 45.6 Å². The number of carbonyl (C=O) groups is 4. The fraction of sp³-hybridized carbons (Fsp3) is 0.0667. The van der Waals surface area contributed by atoms with Crippen LogP contribution in [0.3, 0.4) is 0 Å². The predicted octanol–water partition coefficient (Wildman–Crippen LogP) is 3.75. The lowest BCUT2D eigenvalue weighted by atomic mass is 9.78. The molecule has 40 heavy (non-hydrogen) atoms. The summed E-state index contributed by atoms with van der Waals surface area (Å²) in [7, 11) is 0. The van der Waals surface area contributed by atoms with E-state index in [0.29, 0.717) is 5.56 Å². The Bertz CT molecular complexity index is 1810. The van der Waals surface area contributed by atoms with Crippen LogP contribution in [0.1, 0.15) is 74.8 Å². The summed E-state index contributed by atoms with van der Waals surface area (Å²) in [5, 5.41) is 64.1. The lowest BCUT2D eigenvalue weighted by Crippen LogP contribution is -2.22. The monoisotopic (exact) mass is 538 g/mol. The first-order valence-corrected chi connectivity index (χ1v) is 11.9. The molecule has 0 aliphatic heterocycles. The molecular weight excluding hydrogens is 520 g/mol. The summed E-state index contributed by atoms with van der Waals surface area (Å²) >= 11 is 0. The number of phenols is 6. The van der Waals surface area contributed by atoms with Gasteiger partial charge in [-0.15, -0.1) is 0 Å². The van der Waals surface area contributed by atoms with Crippen LogP contribution in [0.2, 0.25) is 0 Å². The largest absolute Gasteiger partial charge is 0.508 e. The van der Waals surface area contributed by atoms with Gasteiger partial charge >= 0.3 is 0 Å². The summed E-state index contributed by atoms with van der Waals surface area (Å²) < 4.78 is 0. The second-order valence-corrected chi connectivity index (χ2v) is 9.79. The first kappa shape index (κ1) is 24.7. The number of aromatic hydroxyl groups is 6. The highest BCUT2D eigenvalue weighted by Crippen LogP contribution is 2.51. The van der Waals surface area contributed by atoms with E-state index in [1.165, 1.54) is 25.1 Å². The van der Waals surface area contributed by atoms with E-state index in [1.54, 1.807) is 6.92 Å². The van der Waals surface area contributed by atoms with E-state index in [9.17, 15) is 49.8 Å². The topological polar surface area (TPSA) is 190 Å². The zero-order valence-electron chi connectivity index (χ0n) is 20.8. The summed E-state index contributed by atoms with van der Waals surface area (Å²) in [6.07, 6.45) is 0. The molecule has 2 aliphatic rings. The number of benzene rings is 4. The van der Waals surface area contributed by atoms with Crippen LogP contribution in [0.15, 0.2) is 36.4 Å². The van der Waals surface area contributed by atoms with E-state index >= 15 is 0 Å². The Morgan fingerprint density at radius 1 is 0.425 bits per heavy atom. The Balaban J connectivity index is 1.62. The molecule has 10 heteroatoms. The normalized spacial score (nSPS) is 13.6. The van der Waals surface area contributed by atoms with Gasteiger partial charge < -0.3 is 30.6 Å². The van der Waals surface area contributed by atoms with Crippen LogP contribution < -0.4 is 0 Å². The standard InChI is InChI=1S/C30H18O10/c1-9-3-12-20(16(32)4-9)28(38)23-15(25(12)35)8-18(34)24(30(23)40)19-10(2)5-13-22(27(19)37)29(39)21-14(26(13)36)6-11(31)7-17(21)33/h3-8,31-34,37,40H,1-2H3. The van der Waals surface area contributed by atoms with Crippen molar-refractivity contribution >= 4 is 23.1 Å². The van der Waals surface area contributed by atoms with Gasteiger partial charge in [0, 0.05) is 33.9 Å².